The maximum Gasteiger partial charge on any atom is 0.119 e. The highest BCUT2D eigenvalue weighted by Crippen LogP contribution is 2.19. The molecule has 0 aromatic heterocycles. The van der Waals surface area contributed by atoms with E-state index in [-0.39, 0.29) is 6.10 Å². The fourth-order valence-corrected chi connectivity index (χ4v) is 2.67. The van der Waals surface area contributed by atoms with Crippen molar-refractivity contribution in [1.82, 2.24) is 0 Å². The molecule has 0 bridgehead atoms. The first-order chi connectivity index (χ1) is 12.3. The van der Waals surface area contributed by atoms with Gasteiger partial charge in [-0.3, -0.25) is 0 Å². The van der Waals surface area contributed by atoms with E-state index in [1.54, 1.807) is 7.11 Å². The Morgan fingerprint density at radius 3 is 2.32 bits per heavy atom. The Bertz CT molecular complexity index is 621. The van der Waals surface area contributed by atoms with E-state index in [1.165, 1.54) is 0 Å². The standard InChI is InChI=1S/C20H25NO4/c1-22-17-8-10-18(11-9-17)24-14-12-21-16-4-6-19(7-5-16)25-15-20-3-2-13-23-20/h4-11,20-21H,2-3,12-15H2,1H3. The molecule has 0 amide bonds. The van der Waals surface area contributed by atoms with E-state index in [0.717, 1.165) is 48.9 Å². The third kappa shape index (κ3) is 5.57. The van der Waals surface area contributed by atoms with Crippen LogP contribution in [-0.4, -0.2) is 39.6 Å². The van der Waals surface area contributed by atoms with Crippen LogP contribution in [0, 0.1) is 0 Å². The third-order valence-electron chi connectivity index (χ3n) is 4.07. The van der Waals surface area contributed by atoms with E-state index in [4.69, 9.17) is 18.9 Å². The summed E-state index contributed by atoms with van der Waals surface area (Å²) in [5.41, 5.74) is 1.04. The van der Waals surface area contributed by atoms with Gasteiger partial charge in [0.1, 0.15) is 30.5 Å². The van der Waals surface area contributed by atoms with Crippen LogP contribution in [0.3, 0.4) is 0 Å². The Morgan fingerprint density at radius 2 is 1.64 bits per heavy atom. The van der Waals surface area contributed by atoms with Gasteiger partial charge in [0, 0.05) is 18.8 Å². The van der Waals surface area contributed by atoms with Crippen molar-refractivity contribution in [2.24, 2.45) is 0 Å². The predicted octanol–water partition coefficient (Wildman–Crippen LogP) is 3.74. The molecular formula is C20H25NO4. The number of methoxy groups -OCH3 is 1. The minimum atomic E-state index is 0.243. The molecule has 2 aromatic carbocycles. The van der Waals surface area contributed by atoms with Crippen LogP contribution in [0.1, 0.15) is 12.8 Å². The van der Waals surface area contributed by atoms with Crippen LogP contribution >= 0.6 is 0 Å². The first-order valence-electron chi connectivity index (χ1n) is 8.69. The quantitative estimate of drug-likeness (QED) is 0.703. The molecule has 0 radical (unpaired) electrons. The largest absolute Gasteiger partial charge is 0.497 e. The summed E-state index contributed by atoms with van der Waals surface area (Å²) in [7, 11) is 1.65. The number of ether oxygens (including phenoxy) is 4. The van der Waals surface area contributed by atoms with Crippen LogP contribution in [0.4, 0.5) is 5.69 Å². The molecule has 0 spiro atoms. The Balaban J connectivity index is 1.35. The topological polar surface area (TPSA) is 49.0 Å². The van der Waals surface area contributed by atoms with Gasteiger partial charge < -0.3 is 24.3 Å². The van der Waals surface area contributed by atoms with Crippen molar-refractivity contribution in [2.75, 3.05) is 38.8 Å². The molecule has 5 nitrogen and oxygen atoms in total. The predicted molar refractivity (Wildman–Crippen MR) is 97.9 cm³/mol. The lowest BCUT2D eigenvalue weighted by Gasteiger charge is -2.12. The minimum absolute atomic E-state index is 0.243. The Hall–Kier alpha value is -2.40. The molecule has 1 heterocycles. The molecule has 1 fully saturated rings. The molecule has 1 atom stereocenters. The zero-order valence-electron chi connectivity index (χ0n) is 14.6. The number of hydrogen-bond donors (Lipinski definition) is 1. The molecule has 1 aliphatic heterocycles. The number of nitrogens with one attached hydrogen (secondary N) is 1. The smallest absolute Gasteiger partial charge is 0.119 e. The minimum Gasteiger partial charge on any atom is -0.497 e. The van der Waals surface area contributed by atoms with Gasteiger partial charge in [-0.1, -0.05) is 0 Å². The molecule has 5 heteroatoms. The average Bonchev–Trinajstić information content (AvgIpc) is 3.19. The maximum absolute atomic E-state index is 5.76. The zero-order chi connectivity index (χ0) is 17.3. The Morgan fingerprint density at radius 1 is 0.960 bits per heavy atom. The second-order valence-electron chi connectivity index (χ2n) is 5.92. The summed E-state index contributed by atoms with van der Waals surface area (Å²) < 4.78 is 22.1. The fourth-order valence-electron chi connectivity index (χ4n) is 2.67. The van der Waals surface area contributed by atoms with Gasteiger partial charge in [-0.25, -0.2) is 0 Å². The van der Waals surface area contributed by atoms with Crippen molar-refractivity contribution in [3.63, 3.8) is 0 Å². The molecular weight excluding hydrogens is 318 g/mol. The number of rotatable bonds is 9. The van der Waals surface area contributed by atoms with Crippen molar-refractivity contribution < 1.29 is 18.9 Å². The van der Waals surface area contributed by atoms with Crippen LogP contribution in [0.5, 0.6) is 17.2 Å². The maximum atomic E-state index is 5.76. The number of benzene rings is 2. The van der Waals surface area contributed by atoms with Crippen LogP contribution in [-0.2, 0) is 4.74 Å². The van der Waals surface area contributed by atoms with Gasteiger partial charge in [-0.05, 0) is 61.4 Å². The lowest BCUT2D eigenvalue weighted by molar-refractivity contribution is 0.0679. The summed E-state index contributed by atoms with van der Waals surface area (Å²) in [4.78, 5) is 0. The normalized spacial score (nSPS) is 16.4. The Labute approximate surface area is 148 Å². The molecule has 0 aliphatic carbocycles. The lowest BCUT2D eigenvalue weighted by atomic mass is 10.2. The molecule has 0 saturated carbocycles. The Kier molecular flexibility index (Phi) is 6.40. The summed E-state index contributed by atoms with van der Waals surface area (Å²) in [6, 6.07) is 15.5. The summed E-state index contributed by atoms with van der Waals surface area (Å²) >= 11 is 0. The molecule has 3 rings (SSSR count). The third-order valence-corrected chi connectivity index (χ3v) is 4.07. The molecule has 1 unspecified atom stereocenters. The summed E-state index contributed by atoms with van der Waals surface area (Å²) in [6.07, 6.45) is 2.47. The van der Waals surface area contributed by atoms with Crippen LogP contribution in [0.2, 0.25) is 0 Å². The van der Waals surface area contributed by atoms with Gasteiger partial charge in [0.05, 0.1) is 13.2 Å². The van der Waals surface area contributed by atoms with Gasteiger partial charge in [-0.2, -0.15) is 0 Å². The van der Waals surface area contributed by atoms with Crippen molar-refractivity contribution in [1.29, 1.82) is 0 Å². The fraction of sp³-hybridized carbons (Fsp3) is 0.400. The van der Waals surface area contributed by atoms with Gasteiger partial charge in [0.15, 0.2) is 0 Å². The van der Waals surface area contributed by atoms with Gasteiger partial charge in [-0.15, -0.1) is 0 Å². The van der Waals surface area contributed by atoms with E-state index >= 15 is 0 Å². The number of anilines is 1. The molecule has 25 heavy (non-hydrogen) atoms. The zero-order valence-corrected chi connectivity index (χ0v) is 14.6. The van der Waals surface area contributed by atoms with Gasteiger partial charge in [0.2, 0.25) is 0 Å². The summed E-state index contributed by atoms with van der Waals surface area (Å²) in [5, 5.41) is 3.33. The van der Waals surface area contributed by atoms with Gasteiger partial charge in [0.25, 0.3) is 0 Å². The van der Waals surface area contributed by atoms with Crippen molar-refractivity contribution in [2.45, 2.75) is 18.9 Å². The second kappa shape index (κ2) is 9.18. The molecule has 2 aromatic rings. The van der Waals surface area contributed by atoms with E-state index < -0.39 is 0 Å². The summed E-state index contributed by atoms with van der Waals surface area (Å²) in [5.74, 6) is 2.53. The molecule has 1 aliphatic rings. The molecule has 134 valence electrons. The highest BCUT2D eigenvalue weighted by molar-refractivity contribution is 5.46. The first kappa shape index (κ1) is 17.4. The van der Waals surface area contributed by atoms with Crippen molar-refractivity contribution in [3.8, 4) is 17.2 Å². The van der Waals surface area contributed by atoms with E-state index in [9.17, 15) is 0 Å². The van der Waals surface area contributed by atoms with Crippen molar-refractivity contribution >= 4 is 5.69 Å². The second-order valence-corrected chi connectivity index (χ2v) is 5.92. The number of hydrogen-bond acceptors (Lipinski definition) is 5. The SMILES string of the molecule is COc1ccc(OCCNc2ccc(OCC3CCCO3)cc2)cc1. The van der Waals surface area contributed by atoms with E-state index in [2.05, 4.69) is 5.32 Å². The monoisotopic (exact) mass is 343 g/mol. The van der Waals surface area contributed by atoms with Gasteiger partial charge >= 0.3 is 0 Å². The van der Waals surface area contributed by atoms with E-state index in [1.807, 2.05) is 48.5 Å². The first-order valence-corrected chi connectivity index (χ1v) is 8.69. The van der Waals surface area contributed by atoms with Crippen LogP contribution < -0.4 is 19.5 Å². The lowest BCUT2D eigenvalue weighted by Crippen LogP contribution is -2.16. The van der Waals surface area contributed by atoms with Crippen LogP contribution in [0.15, 0.2) is 48.5 Å². The van der Waals surface area contributed by atoms with Crippen molar-refractivity contribution in [3.05, 3.63) is 48.5 Å². The highest BCUT2D eigenvalue weighted by Gasteiger charge is 2.15. The highest BCUT2D eigenvalue weighted by atomic mass is 16.5. The average molecular weight is 343 g/mol. The van der Waals surface area contributed by atoms with Crippen LogP contribution in [0.25, 0.3) is 0 Å². The molecule has 1 N–H and O–H groups in total. The molecule has 1 saturated heterocycles. The van der Waals surface area contributed by atoms with E-state index in [0.29, 0.717) is 13.2 Å². The summed E-state index contributed by atoms with van der Waals surface area (Å²) in [6.45, 7) is 2.80.